The molecule has 0 saturated carbocycles. The third-order valence-electron chi connectivity index (χ3n) is 3.75. The summed E-state index contributed by atoms with van der Waals surface area (Å²) < 4.78 is 7.19. The van der Waals surface area contributed by atoms with E-state index in [-0.39, 0.29) is 24.9 Å². The molecule has 0 bridgehead atoms. The van der Waals surface area contributed by atoms with Crippen molar-refractivity contribution >= 4 is 17.5 Å². The van der Waals surface area contributed by atoms with Crippen molar-refractivity contribution in [2.45, 2.75) is 26.0 Å². The molecule has 2 aromatic heterocycles. The number of fused-ring (bicyclic) bond motifs is 1. The molecule has 25 heavy (non-hydrogen) atoms. The van der Waals surface area contributed by atoms with Crippen LogP contribution in [0.2, 0.25) is 0 Å². The minimum Gasteiger partial charge on any atom is -0.459 e. The molecule has 3 aromatic rings. The van der Waals surface area contributed by atoms with Crippen molar-refractivity contribution < 1.29 is 14.3 Å². The molecule has 1 N–H and O–H groups in total. The molecule has 1 atom stereocenters. The van der Waals surface area contributed by atoms with Gasteiger partial charge in [0.1, 0.15) is 12.3 Å². The number of ether oxygens (including phenoxy) is 1. The summed E-state index contributed by atoms with van der Waals surface area (Å²) in [6.45, 7) is 1.53. The van der Waals surface area contributed by atoms with E-state index in [1.807, 2.05) is 65.3 Å². The van der Waals surface area contributed by atoms with Crippen molar-refractivity contribution in [2.75, 3.05) is 0 Å². The Morgan fingerprint density at radius 3 is 2.64 bits per heavy atom. The van der Waals surface area contributed by atoms with E-state index in [4.69, 9.17) is 4.74 Å². The summed E-state index contributed by atoms with van der Waals surface area (Å²) in [6.07, 6.45) is 3.78. The van der Waals surface area contributed by atoms with Crippen molar-refractivity contribution in [1.82, 2.24) is 14.7 Å². The van der Waals surface area contributed by atoms with E-state index in [1.54, 1.807) is 0 Å². The van der Waals surface area contributed by atoms with Crippen LogP contribution in [0, 0.1) is 0 Å². The van der Waals surface area contributed by atoms with E-state index in [1.165, 1.54) is 6.92 Å². The van der Waals surface area contributed by atoms with Crippen molar-refractivity contribution in [3.63, 3.8) is 0 Å². The number of hydrogen-bond acceptors (Lipinski definition) is 4. The Hall–Kier alpha value is -3.15. The second-order valence-electron chi connectivity index (χ2n) is 5.73. The minimum atomic E-state index is -0.410. The predicted molar refractivity (Wildman–Crippen MR) is 92.6 cm³/mol. The number of nitrogens with one attached hydrogen (secondary N) is 1. The molecule has 0 unspecified atom stereocenters. The Morgan fingerprint density at radius 2 is 1.92 bits per heavy atom. The number of pyridine rings is 1. The molecular weight excluding hydrogens is 318 g/mol. The van der Waals surface area contributed by atoms with Gasteiger partial charge in [0.2, 0.25) is 5.91 Å². The Kier molecular flexibility index (Phi) is 5.09. The number of nitrogens with zero attached hydrogens (tertiary/aromatic N) is 2. The quantitative estimate of drug-likeness (QED) is 0.702. The molecule has 2 heterocycles. The lowest BCUT2D eigenvalue weighted by Gasteiger charge is -2.17. The van der Waals surface area contributed by atoms with Gasteiger partial charge in [0.25, 0.3) is 0 Å². The molecule has 0 fully saturated rings. The van der Waals surface area contributed by atoms with Crippen LogP contribution in [0.1, 0.15) is 30.6 Å². The number of carbonyl (C=O) groups excluding carboxylic acids is 2. The van der Waals surface area contributed by atoms with Gasteiger partial charge in [-0.25, -0.2) is 4.98 Å². The molecule has 1 amide bonds. The van der Waals surface area contributed by atoms with Crippen LogP contribution in [-0.2, 0) is 20.9 Å². The molecule has 1 aromatic carbocycles. The highest BCUT2D eigenvalue weighted by Gasteiger charge is 2.18. The van der Waals surface area contributed by atoms with E-state index in [9.17, 15) is 9.59 Å². The zero-order valence-corrected chi connectivity index (χ0v) is 13.9. The van der Waals surface area contributed by atoms with Crippen LogP contribution < -0.4 is 5.32 Å². The smallest absolute Gasteiger partial charge is 0.308 e. The van der Waals surface area contributed by atoms with Gasteiger partial charge in [-0.2, -0.15) is 0 Å². The van der Waals surface area contributed by atoms with Gasteiger partial charge in [-0.15, -0.1) is 0 Å². The van der Waals surface area contributed by atoms with Crippen LogP contribution in [-0.4, -0.2) is 21.3 Å². The molecule has 0 radical (unpaired) electrons. The zero-order chi connectivity index (χ0) is 17.6. The molecule has 6 nitrogen and oxygen atoms in total. The van der Waals surface area contributed by atoms with E-state index in [0.29, 0.717) is 5.69 Å². The van der Waals surface area contributed by atoms with Crippen LogP contribution >= 0.6 is 0 Å². The van der Waals surface area contributed by atoms with Crippen LogP contribution in [0.5, 0.6) is 0 Å². The first-order chi connectivity index (χ1) is 12.1. The third kappa shape index (κ3) is 4.44. The van der Waals surface area contributed by atoms with Crippen LogP contribution in [0.3, 0.4) is 0 Å². The molecule has 3 rings (SSSR count). The molecule has 0 aliphatic heterocycles. The maximum absolute atomic E-state index is 12.2. The summed E-state index contributed by atoms with van der Waals surface area (Å²) in [4.78, 5) is 28.0. The first-order valence-electron chi connectivity index (χ1n) is 8.02. The van der Waals surface area contributed by atoms with Gasteiger partial charge < -0.3 is 14.5 Å². The van der Waals surface area contributed by atoms with Gasteiger partial charge in [0.15, 0.2) is 0 Å². The van der Waals surface area contributed by atoms with Crippen molar-refractivity contribution in [3.8, 4) is 0 Å². The first kappa shape index (κ1) is 16.7. The SMILES string of the molecule is CC(=O)N[C@@H](CC(=O)OCc1cn2ccccc2n1)c1ccccc1. The number of imidazole rings is 1. The lowest BCUT2D eigenvalue weighted by Crippen LogP contribution is -2.28. The molecule has 0 spiro atoms. The normalized spacial score (nSPS) is 11.9. The number of benzene rings is 1. The average molecular weight is 337 g/mol. The van der Waals surface area contributed by atoms with Crippen LogP contribution in [0.25, 0.3) is 5.65 Å². The maximum atomic E-state index is 12.2. The van der Waals surface area contributed by atoms with Gasteiger partial charge in [-0.3, -0.25) is 9.59 Å². The number of hydrogen-bond donors (Lipinski definition) is 1. The lowest BCUT2D eigenvalue weighted by atomic mass is 10.0. The highest BCUT2D eigenvalue weighted by atomic mass is 16.5. The highest BCUT2D eigenvalue weighted by Crippen LogP contribution is 2.17. The monoisotopic (exact) mass is 337 g/mol. The predicted octanol–water partition coefficient (Wildman–Crippen LogP) is 2.65. The average Bonchev–Trinajstić information content (AvgIpc) is 3.03. The molecular formula is C19H19N3O3. The van der Waals surface area contributed by atoms with Crippen LogP contribution in [0.4, 0.5) is 0 Å². The molecule has 6 heteroatoms. The summed E-state index contributed by atoms with van der Waals surface area (Å²) in [5.41, 5.74) is 2.34. The fourth-order valence-electron chi connectivity index (χ4n) is 2.62. The second kappa shape index (κ2) is 7.61. The standard InChI is InChI=1S/C19H19N3O3/c1-14(23)20-17(15-7-3-2-4-8-15)11-19(24)25-13-16-12-22-10-6-5-9-18(22)21-16/h2-10,12,17H,11,13H2,1H3,(H,20,23)/t17-/m0/s1. The number of aromatic nitrogens is 2. The van der Waals surface area contributed by atoms with Gasteiger partial charge in [-0.05, 0) is 17.7 Å². The van der Waals surface area contributed by atoms with Gasteiger partial charge in [0, 0.05) is 19.3 Å². The summed E-state index contributed by atoms with van der Waals surface area (Å²) in [7, 11) is 0. The highest BCUT2D eigenvalue weighted by molar-refractivity contribution is 5.76. The molecule has 0 aliphatic rings. The second-order valence-corrected chi connectivity index (χ2v) is 5.73. The maximum Gasteiger partial charge on any atom is 0.308 e. The van der Waals surface area contributed by atoms with E-state index >= 15 is 0 Å². The van der Waals surface area contributed by atoms with Gasteiger partial charge in [0.05, 0.1) is 18.2 Å². The fourth-order valence-corrected chi connectivity index (χ4v) is 2.62. The third-order valence-corrected chi connectivity index (χ3v) is 3.75. The van der Waals surface area contributed by atoms with Crippen molar-refractivity contribution in [1.29, 1.82) is 0 Å². The minimum absolute atomic E-state index is 0.0664. The topological polar surface area (TPSA) is 72.7 Å². The Bertz CT molecular complexity index is 841. The summed E-state index contributed by atoms with van der Waals surface area (Å²) >= 11 is 0. The number of rotatable bonds is 6. The Labute approximate surface area is 145 Å². The summed E-state index contributed by atoms with van der Waals surface area (Å²) in [5, 5.41) is 2.79. The first-order valence-corrected chi connectivity index (χ1v) is 8.02. The van der Waals surface area contributed by atoms with Crippen LogP contribution in [0.15, 0.2) is 60.9 Å². The number of esters is 1. The molecule has 0 aliphatic carbocycles. The van der Waals surface area contributed by atoms with E-state index in [2.05, 4.69) is 10.3 Å². The fraction of sp³-hybridized carbons (Fsp3) is 0.211. The molecule has 0 saturated heterocycles. The van der Waals surface area contributed by atoms with E-state index in [0.717, 1.165) is 11.2 Å². The zero-order valence-electron chi connectivity index (χ0n) is 13.9. The largest absolute Gasteiger partial charge is 0.459 e. The van der Waals surface area contributed by atoms with Crippen molar-refractivity contribution in [2.24, 2.45) is 0 Å². The van der Waals surface area contributed by atoms with Gasteiger partial charge in [-0.1, -0.05) is 36.4 Å². The molecule has 128 valence electrons. The number of carbonyl (C=O) groups is 2. The Morgan fingerprint density at radius 1 is 1.16 bits per heavy atom. The Balaban J connectivity index is 1.62. The van der Waals surface area contributed by atoms with Crippen molar-refractivity contribution in [3.05, 3.63) is 72.2 Å². The lowest BCUT2D eigenvalue weighted by molar-refractivity contribution is -0.145. The van der Waals surface area contributed by atoms with E-state index < -0.39 is 6.04 Å². The summed E-state index contributed by atoms with van der Waals surface area (Å²) in [6, 6.07) is 14.6. The number of amides is 1. The summed E-state index contributed by atoms with van der Waals surface area (Å²) in [5.74, 6) is -0.582. The van der Waals surface area contributed by atoms with Gasteiger partial charge >= 0.3 is 5.97 Å².